The van der Waals surface area contributed by atoms with Gasteiger partial charge in [0.2, 0.25) is 0 Å². The second kappa shape index (κ2) is 7.85. The SMILES string of the molecule is Cc1cc(C(=O)NCN2CCC(c3cccc[n+]3[O-])CC2)ccc1Cl. The molecular formula is C19H22ClN3O2. The van der Waals surface area contributed by atoms with Gasteiger partial charge in [0, 0.05) is 41.7 Å². The van der Waals surface area contributed by atoms with Gasteiger partial charge in [0.25, 0.3) is 5.91 Å². The van der Waals surface area contributed by atoms with Gasteiger partial charge in [0.1, 0.15) is 0 Å². The molecule has 1 N–H and O–H groups in total. The molecule has 2 aromatic rings. The Balaban J connectivity index is 1.50. The number of hydrogen-bond acceptors (Lipinski definition) is 3. The fraction of sp³-hybridized carbons (Fsp3) is 0.368. The monoisotopic (exact) mass is 359 g/mol. The van der Waals surface area contributed by atoms with Crippen LogP contribution >= 0.6 is 11.6 Å². The number of carbonyl (C=O) groups is 1. The van der Waals surface area contributed by atoms with E-state index in [-0.39, 0.29) is 11.8 Å². The van der Waals surface area contributed by atoms with Crippen LogP contribution in [0.15, 0.2) is 42.6 Å². The number of aromatic nitrogens is 1. The van der Waals surface area contributed by atoms with Crippen molar-refractivity contribution in [3.63, 3.8) is 0 Å². The van der Waals surface area contributed by atoms with Crippen molar-refractivity contribution in [2.24, 2.45) is 0 Å². The smallest absolute Gasteiger partial charge is 0.252 e. The zero-order valence-electron chi connectivity index (χ0n) is 14.2. The minimum atomic E-state index is -0.0950. The van der Waals surface area contributed by atoms with Gasteiger partial charge in [-0.25, -0.2) is 0 Å². The van der Waals surface area contributed by atoms with E-state index in [1.807, 2.05) is 19.1 Å². The van der Waals surface area contributed by atoms with Crippen molar-refractivity contribution in [2.45, 2.75) is 25.7 Å². The first-order valence-corrected chi connectivity index (χ1v) is 8.87. The molecule has 1 saturated heterocycles. The lowest BCUT2D eigenvalue weighted by Gasteiger charge is -2.31. The van der Waals surface area contributed by atoms with Crippen LogP contribution in [0.3, 0.4) is 0 Å². The summed E-state index contributed by atoms with van der Waals surface area (Å²) in [6, 6.07) is 10.8. The van der Waals surface area contributed by atoms with Crippen molar-refractivity contribution in [1.29, 1.82) is 0 Å². The number of aryl methyl sites for hydroxylation is 1. The lowest BCUT2D eigenvalue weighted by atomic mass is 9.93. The first kappa shape index (κ1) is 17.7. The predicted octanol–water partition coefficient (Wildman–Crippen LogP) is 2.85. The molecule has 0 aliphatic carbocycles. The van der Waals surface area contributed by atoms with Crippen LogP contribution in [0.4, 0.5) is 0 Å². The molecule has 1 aliphatic rings. The molecule has 0 bridgehead atoms. The van der Waals surface area contributed by atoms with Crippen molar-refractivity contribution in [2.75, 3.05) is 19.8 Å². The van der Waals surface area contributed by atoms with Gasteiger partial charge in [0.05, 0.1) is 6.67 Å². The van der Waals surface area contributed by atoms with E-state index < -0.39 is 0 Å². The average Bonchev–Trinajstić information content (AvgIpc) is 2.63. The summed E-state index contributed by atoms with van der Waals surface area (Å²) in [4.78, 5) is 14.5. The van der Waals surface area contributed by atoms with Crippen molar-refractivity contribution in [3.05, 3.63) is 69.6 Å². The number of amides is 1. The van der Waals surface area contributed by atoms with Gasteiger partial charge in [-0.3, -0.25) is 9.69 Å². The summed E-state index contributed by atoms with van der Waals surface area (Å²) in [5.41, 5.74) is 2.35. The maximum atomic E-state index is 12.3. The van der Waals surface area contributed by atoms with Crippen LogP contribution in [0.5, 0.6) is 0 Å². The fourth-order valence-corrected chi connectivity index (χ4v) is 3.33. The number of halogens is 1. The van der Waals surface area contributed by atoms with E-state index in [0.29, 0.717) is 17.3 Å². The number of likely N-dealkylation sites (tertiary alicyclic amines) is 1. The van der Waals surface area contributed by atoms with Crippen LogP contribution in [-0.2, 0) is 0 Å². The lowest BCUT2D eigenvalue weighted by molar-refractivity contribution is -0.616. The molecule has 1 fully saturated rings. The van der Waals surface area contributed by atoms with Crippen molar-refractivity contribution in [3.8, 4) is 0 Å². The lowest BCUT2D eigenvalue weighted by Crippen LogP contribution is -2.43. The summed E-state index contributed by atoms with van der Waals surface area (Å²) in [6.07, 6.45) is 3.39. The highest BCUT2D eigenvalue weighted by atomic mass is 35.5. The summed E-state index contributed by atoms with van der Waals surface area (Å²) in [6.45, 7) is 4.12. The van der Waals surface area contributed by atoms with Crippen molar-refractivity contribution < 1.29 is 9.52 Å². The number of hydrogen-bond donors (Lipinski definition) is 1. The van der Waals surface area contributed by atoms with Gasteiger partial charge in [0.15, 0.2) is 11.9 Å². The first-order chi connectivity index (χ1) is 12.0. The Kier molecular flexibility index (Phi) is 5.56. The molecule has 1 aliphatic heterocycles. The molecule has 0 spiro atoms. The molecule has 132 valence electrons. The molecule has 5 nitrogen and oxygen atoms in total. The number of carbonyl (C=O) groups excluding carboxylic acids is 1. The third kappa shape index (κ3) is 4.30. The molecule has 2 heterocycles. The number of nitrogens with one attached hydrogen (secondary N) is 1. The first-order valence-electron chi connectivity index (χ1n) is 8.49. The third-order valence-electron chi connectivity index (χ3n) is 4.74. The average molecular weight is 360 g/mol. The highest BCUT2D eigenvalue weighted by Crippen LogP contribution is 2.25. The normalized spacial score (nSPS) is 15.9. The Morgan fingerprint density at radius 1 is 1.32 bits per heavy atom. The molecule has 3 rings (SSSR count). The molecule has 0 unspecified atom stereocenters. The Morgan fingerprint density at radius 3 is 2.76 bits per heavy atom. The van der Waals surface area contributed by atoms with E-state index in [2.05, 4.69) is 10.2 Å². The van der Waals surface area contributed by atoms with E-state index in [1.165, 1.54) is 0 Å². The van der Waals surface area contributed by atoms with Gasteiger partial charge < -0.3 is 10.5 Å². The summed E-state index contributed by atoms with van der Waals surface area (Å²) in [5, 5.41) is 15.5. The fourth-order valence-electron chi connectivity index (χ4n) is 3.22. The number of rotatable bonds is 4. The third-order valence-corrected chi connectivity index (χ3v) is 5.17. The minimum Gasteiger partial charge on any atom is -0.618 e. The number of pyridine rings is 1. The number of piperidine rings is 1. The second-order valence-electron chi connectivity index (χ2n) is 6.47. The molecule has 0 atom stereocenters. The summed E-state index contributed by atoms with van der Waals surface area (Å²) in [5.74, 6) is 0.187. The maximum absolute atomic E-state index is 12.3. The van der Waals surface area contributed by atoms with Crippen LogP contribution in [0.1, 0.15) is 40.4 Å². The van der Waals surface area contributed by atoms with Gasteiger partial charge >= 0.3 is 0 Å². The van der Waals surface area contributed by atoms with E-state index in [4.69, 9.17) is 11.6 Å². The Hall–Kier alpha value is -2.11. The van der Waals surface area contributed by atoms with Crippen LogP contribution in [-0.4, -0.2) is 30.6 Å². The molecule has 25 heavy (non-hydrogen) atoms. The Labute approximate surface area is 152 Å². The number of benzene rings is 1. The maximum Gasteiger partial charge on any atom is 0.252 e. The van der Waals surface area contributed by atoms with E-state index in [0.717, 1.165) is 41.9 Å². The highest BCUT2D eigenvalue weighted by Gasteiger charge is 2.25. The summed E-state index contributed by atoms with van der Waals surface area (Å²) in [7, 11) is 0. The minimum absolute atomic E-state index is 0.0950. The molecule has 0 saturated carbocycles. The topological polar surface area (TPSA) is 59.3 Å². The second-order valence-corrected chi connectivity index (χ2v) is 6.88. The summed E-state index contributed by atoms with van der Waals surface area (Å²) >= 11 is 6.00. The number of nitrogens with zero attached hydrogens (tertiary/aromatic N) is 2. The molecule has 1 aromatic carbocycles. The zero-order valence-corrected chi connectivity index (χ0v) is 15.0. The largest absolute Gasteiger partial charge is 0.618 e. The zero-order chi connectivity index (χ0) is 17.8. The molecule has 6 heteroatoms. The quantitative estimate of drug-likeness (QED) is 0.674. The van der Waals surface area contributed by atoms with Crippen LogP contribution in [0.2, 0.25) is 5.02 Å². The molecule has 0 radical (unpaired) electrons. The van der Waals surface area contributed by atoms with Gasteiger partial charge in [-0.15, -0.1) is 0 Å². The predicted molar refractivity (Wildman–Crippen MR) is 97.5 cm³/mol. The van der Waals surface area contributed by atoms with Crippen LogP contribution in [0, 0.1) is 12.1 Å². The molecule has 1 amide bonds. The standard InChI is InChI=1S/C19H22ClN3O2/c1-14-12-16(5-6-17(14)20)19(24)21-13-22-10-7-15(8-11-22)18-4-2-3-9-23(18)25/h2-6,9,12,15H,7-8,10-11,13H2,1H3,(H,21,24). The van der Waals surface area contributed by atoms with Crippen molar-refractivity contribution in [1.82, 2.24) is 10.2 Å². The van der Waals surface area contributed by atoms with Crippen molar-refractivity contribution >= 4 is 17.5 Å². The van der Waals surface area contributed by atoms with Crippen LogP contribution in [0.25, 0.3) is 0 Å². The van der Waals surface area contributed by atoms with Gasteiger partial charge in [-0.1, -0.05) is 17.7 Å². The van der Waals surface area contributed by atoms with E-state index in [9.17, 15) is 10.0 Å². The van der Waals surface area contributed by atoms with Crippen LogP contribution < -0.4 is 10.0 Å². The van der Waals surface area contributed by atoms with E-state index >= 15 is 0 Å². The highest BCUT2D eigenvalue weighted by molar-refractivity contribution is 6.31. The summed E-state index contributed by atoms with van der Waals surface area (Å²) < 4.78 is 0.963. The Morgan fingerprint density at radius 2 is 2.08 bits per heavy atom. The van der Waals surface area contributed by atoms with Gasteiger partial charge in [-0.05, 0) is 43.5 Å². The Bertz CT molecular complexity index is 758. The molecular weight excluding hydrogens is 338 g/mol. The molecule has 1 aromatic heterocycles. The van der Waals surface area contributed by atoms with E-state index in [1.54, 1.807) is 30.5 Å². The van der Waals surface area contributed by atoms with Gasteiger partial charge in [-0.2, -0.15) is 4.73 Å².